The minimum Gasteiger partial charge on any atom is -0.325 e. The molecule has 0 spiro atoms. The highest BCUT2D eigenvalue weighted by molar-refractivity contribution is 14.1. The second-order valence-corrected chi connectivity index (χ2v) is 5.76. The third kappa shape index (κ3) is 3.70. The highest BCUT2D eigenvalue weighted by Crippen LogP contribution is 2.15. The molecule has 0 aliphatic heterocycles. The van der Waals surface area contributed by atoms with Gasteiger partial charge < -0.3 is 9.88 Å². The van der Waals surface area contributed by atoms with E-state index in [4.69, 9.17) is 0 Å². The van der Waals surface area contributed by atoms with Gasteiger partial charge in [-0.1, -0.05) is 17.8 Å². The molecule has 1 N–H and O–H groups in total. The summed E-state index contributed by atoms with van der Waals surface area (Å²) in [6.07, 6.45) is 1.61. The number of anilines is 1. The van der Waals surface area contributed by atoms with E-state index in [9.17, 15) is 4.79 Å². The Morgan fingerprint density at radius 3 is 3.06 bits per heavy atom. The molecule has 1 aromatic heterocycles. The van der Waals surface area contributed by atoms with E-state index in [0.717, 1.165) is 14.4 Å². The summed E-state index contributed by atoms with van der Waals surface area (Å²) in [6, 6.07) is 7.68. The number of aryl methyl sites for hydroxylation is 1. The molecule has 94 valence electrons. The van der Waals surface area contributed by atoms with Crippen LogP contribution in [0.1, 0.15) is 0 Å². The average molecular weight is 374 g/mol. The SMILES string of the molecule is Cn1cnnc1SCC(=O)Nc1cccc(I)c1. The number of nitrogens with one attached hydrogen (secondary N) is 1. The Bertz CT molecular complexity index is 557. The van der Waals surface area contributed by atoms with E-state index < -0.39 is 0 Å². The molecule has 1 heterocycles. The lowest BCUT2D eigenvalue weighted by Crippen LogP contribution is -2.14. The number of carbonyl (C=O) groups is 1. The zero-order valence-corrected chi connectivity index (χ0v) is 12.6. The summed E-state index contributed by atoms with van der Waals surface area (Å²) >= 11 is 3.57. The topological polar surface area (TPSA) is 59.8 Å². The molecule has 2 rings (SSSR count). The number of rotatable bonds is 4. The van der Waals surface area contributed by atoms with Crippen LogP contribution >= 0.6 is 34.4 Å². The van der Waals surface area contributed by atoms with Crippen molar-refractivity contribution in [2.24, 2.45) is 7.05 Å². The highest BCUT2D eigenvalue weighted by Gasteiger charge is 2.07. The van der Waals surface area contributed by atoms with Crippen molar-refractivity contribution in [3.63, 3.8) is 0 Å². The van der Waals surface area contributed by atoms with Gasteiger partial charge in [-0.3, -0.25) is 4.79 Å². The molecule has 7 heteroatoms. The molecule has 1 aromatic carbocycles. The molecule has 2 aromatic rings. The van der Waals surface area contributed by atoms with Crippen LogP contribution in [0.25, 0.3) is 0 Å². The van der Waals surface area contributed by atoms with Crippen molar-refractivity contribution in [3.8, 4) is 0 Å². The molecule has 5 nitrogen and oxygen atoms in total. The standard InChI is InChI=1S/C11H11IN4OS/c1-16-7-13-15-11(16)18-6-10(17)14-9-4-2-3-8(12)5-9/h2-5,7H,6H2,1H3,(H,14,17). The van der Waals surface area contributed by atoms with Crippen LogP contribution in [0, 0.1) is 3.57 Å². The summed E-state index contributed by atoms with van der Waals surface area (Å²) in [6.45, 7) is 0. The first-order valence-corrected chi connectivity index (χ1v) is 7.24. The Kier molecular flexibility index (Phi) is 4.59. The van der Waals surface area contributed by atoms with Gasteiger partial charge in [-0.2, -0.15) is 0 Å². The number of carbonyl (C=O) groups excluding carboxylic acids is 1. The van der Waals surface area contributed by atoms with Gasteiger partial charge in [0.2, 0.25) is 5.91 Å². The fourth-order valence-corrected chi connectivity index (χ4v) is 2.53. The van der Waals surface area contributed by atoms with Crippen LogP contribution in [0.15, 0.2) is 35.7 Å². The summed E-state index contributed by atoms with van der Waals surface area (Å²) in [4.78, 5) is 11.7. The molecule has 0 atom stereocenters. The van der Waals surface area contributed by atoms with Gasteiger partial charge in [0.1, 0.15) is 6.33 Å². The first-order valence-electron chi connectivity index (χ1n) is 5.17. The van der Waals surface area contributed by atoms with Crippen LogP contribution in [0.2, 0.25) is 0 Å². The molecule has 0 aliphatic rings. The van der Waals surface area contributed by atoms with Crippen molar-refractivity contribution in [3.05, 3.63) is 34.2 Å². The van der Waals surface area contributed by atoms with Crippen LogP contribution in [-0.4, -0.2) is 26.4 Å². The smallest absolute Gasteiger partial charge is 0.234 e. The van der Waals surface area contributed by atoms with E-state index >= 15 is 0 Å². The van der Waals surface area contributed by atoms with Crippen molar-refractivity contribution in [2.75, 3.05) is 11.1 Å². The monoisotopic (exact) mass is 374 g/mol. The molecule has 0 saturated carbocycles. The van der Waals surface area contributed by atoms with E-state index in [0.29, 0.717) is 5.75 Å². The van der Waals surface area contributed by atoms with E-state index in [-0.39, 0.29) is 5.91 Å². The van der Waals surface area contributed by atoms with E-state index in [1.165, 1.54) is 11.8 Å². The molecule has 0 radical (unpaired) electrons. The summed E-state index contributed by atoms with van der Waals surface area (Å²) in [5, 5.41) is 11.2. The third-order valence-electron chi connectivity index (χ3n) is 2.11. The maximum Gasteiger partial charge on any atom is 0.234 e. The zero-order chi connectivity index (χ0) is 13.0. The Hall–Kier alpha value is -1.09. The number of benzene rings is 1. The van der Waals surface area contributed by atoms with E-state index in [1.807, 2.05) is 31.3 Å². The Balaban J connectivity index is 1.88. The van der Waals surface area contributed by atoms with Crippen LogP contribution in [0.4, 0.5) is 5.69 Å². The predicted molar refractivity (Wildman–Crippen MR) is 79.5 cm³/mol. The number of thioether (sulfide) groups is 1. The maximum atomic E-state index is 11.7. The zero-order valence-electron chi connectivity index (χ0n) is 9.63. The summed E-state index contributed by atoms with van der Waals surface area (Å²) < 4.78 is 2.87. The first-order chi connectivity index (χ1) is 8.65. The average Bonchev–Trinajstić information content (AvgIpc) is 2.72. The molecule has 1 amide bonds. The molecular formula is C11H11IN4OS. The molecule has 0 saturated heterocycles. The highest BCUT2D eigenvalue weighted by atomic mass is 127. The molecule has 0 bridgehead atoms. The second-order valence-electron chi connectivity index (χ2n) is 3.57. The number of aromatic nitrogens is 3. The quantitative estimate of drug-likeness (QED) is 0.658. The lowest BCUT2D eigenvalue weighted by Gasteiger charge is -2.05. The molecule has 18 heavy (non-hydrogen) atoms. The first kappa shape index (κ1) is 13.3. The lowest BCUT2D eigenvalue weighted by atomic mass is 10.3. The van der Waals surface area contributed by atoms with Crippen molar-refractivity contribution >= 4 is 45.9 Å². The third-order valence-corrected chi connectivity index (χ3v) is 3.82. The largest absolute Gasteiger partial charge is 0.325 e. The fraction of sp³-hybridized carbons (Fsp3) is 0.182. The minimum absolute atomic E-state index is 0.0509. The van der Waals surface area contributed by atoms with Crippen molar-refractivity contribution < 1.29 is 4.79 Å². The lowest BCUT2D eigenvalue weighted by molar-refractivity contribution is -0.113. The molecular weight excluding hydrogens is 363 g/mol. The summed E-state index contributed by atoms with van der Waals surface area (Å²) in [7, 11) is 1.85. The number of nitrogens with zero attached hydrogens (tertiary/aromatic N) is 3. The Labute approximate surface area is 123 Å². The van der Waals surface area contributed by atoms with Gasteiger partial charge in [0, 0.05) is 16.3 Å². The van der Waals surface area contributed by atoms with Crippen molar-refractivity contribution in [2.45, 2.75) is 5.16 Å². The number of hydrogen-bond donors (Lipinski definition) is 1. The van der Waals surface area contributed by atoms with E-state index in [2.05, 4.69) is 38.1 Å². The van der Waals surface area contributed by atoms with Gasteiger partial charge in [0.15, 0.2) is 5.16 Å². The normalized spacial score (nSPS) is 10.3. The fourth-order valence-electron chi connectivity index (χ4n) is 1.30. The van der Waals surface area contributed by atoms with Crippen LogP contribution < -0.4 is 5.32 Å². The summed E-state index contributed by atoms with van der Waals surface area (Å²) in [5.41, 5.74) is 0.811. The second kappa shape index (κ2) is 6.19. The van der Waals surface area contributed by atoms with Gasteiger partial charge in [0.05, 0.1) is 5.75 Å². The number of halogens is 1. The summed E-state index contributed by atoms with van der Waals surface area (Å²) in [5.74, 6) is 0.267. The van der Waals surface area contributed by atoms with Crippen molar-refractivity contribution in [1.29, 1.82) is 0 Å². The van der Waals surface area contributed by atoms with Gasteiger partial charge >= 0.3 is 0 Å². The van der Waals surface area contributed by atoms with Gasteiger partial charge in [0.25, 0.3) is 0 Å². The minimum atomic E-state index is -0.0509. The number of amides is 1. The van der Waals surface area contributed by atoms with Crippen LogP contribution in [0.5, 0.6) is 0 Å². The molecule has 0 aliphatic carbocycles. The van der Waals surface area contributed by atoms with Gasteiger partial charge in [-0.25, -0.2) is 0 Å². The van der Waals surface area contributed by atoms with Crippen molar-refractivity contribution in [1.82, 2.24) is 14.8 Å². The van der Waals surface area contributed by atoms with Gasteiger partial charge in [-0.15, -0.1) is 10.2 Å². The predicted octanol–water partition coefficient (Wildman–Crippen LogP) is 2.15. The Morgan fingerprint density at radius 2 is 2.39 bits per heavy atom. The molecule has 0 fully saturated rings. The van der Waals surface area contributed by atoms with Gasteiger partial charge in [-0.05, 0) is 40.8 Å². The molecule has 0 unspecified atom stereocenters. The van der Waals surface area contributed by atoms with E-state index in [1.54, 1.807) is 10.9 Å². The number of hydrogen-bond acceptors (Lipinski definition) is 4. The maximum absolute atomic E-state index is 11.7. The van der Waals surface area contributed by atoms with Crippen LogP contribution in [0.3, 0.4) is 0 Å². The Morgan fingerprint density at radius 1 is 1.56 bits per heavy atom. The van der Waals surface area contributed by atoms with Crippen LogP contribution in [-0.2, 0) is 11.8 Å².